The quantitative estimate of drug-likeness (QED) is 0.628. The van der Waals surface area contributed by atoms with Crippen molar-refractivity contribution >= 4 is 22.7 Å². The molecule has 9 nitrogen and oxygen atoms in total. The smallest absolute Gasteiger partial charge is 0.273 e. The Morgan fingerprint density at radius 3 is 2.84 bits per heavy atom. The SMILES string of the molecule is CCn1cc(CN2CCCN(C(=O)C(C)NC(=O)c3n[nH]c4ccccc34)CC2)cn1. The standard InChI is InChI=1S/C22H29N7O2/c1-3-29-15-17(13-23-29)14-27-9-6-10-28(12-11-27)22(31)16(2)24-21(30)20-18-7-4-5-8-19(18)25-26-20/h4-5,7-8,13,15-16H,3,6,9-12,14H2,1-2H3,(H,24,30)(H,25,26). The van der Waals surface area contributed by atoms with Crippen LogP contribution in [0.25, 0.3) is 10.9 Å². The Balaban J connectivity index is 1.32. The van der Waals surface area contributed by atoms with E-state index in [0.717, 1.165) is 43.5 Å². The number of nitrogens with one attached hydrogen (secondary N) is 2. The number of H-pyrrole nitrogens is 1. The third-order valence-corrected chi connectivity index (χ3v) is 5.72. The van der Waals surface area contributed by atoms with Gasteiger partial charge in [0.15, 0.2) is 5.69 Å². The van der Waals surface area contributed by atoms with Gasteiger partial charge in [-0.3, -0.25) is 24.3 Å². The highest BCUT2D eigenvalue weighted by Gasteiger charge is 2.26. The molecule has 31 heavy (non-hydrogen) atoms. The monoisotopic (exact) mass is 423 g/mol. The highest BCUT2D eigenvalue weighted by Crippen LogP contribution is 2.15. The molecule has 1 aromatic carbocycles. The lowest BCUT2D eigenvalue weighted by Gasteiger charge is -2.25. The summed E-state index contributed by atoms with van der Waals surface area (Å²) in [5, 5.41) is 14.9. The largest absolute Gasteiger partial charge is 0.340 e. The van der Waals surface area contributed by atoms with E-state index in [1.54, 1.807) is 6.92 Å². The zero-order valence-corrected chi connectivity index (χ0v) is 18.0. The molecule has 1 fully saturated rings. The van der Waals surface area contributed by atoms with Crippen molar-refractivity contribution < 1.29 is 9.59 Å². The summed E-state index contributed by atoms with van der Waals surface area (Å²) in [5.41, 5.74) is 2.29. The predicted molar refractivity (Wildman–Crippen MR) is 117 cm³/mol. The third-order valence-electron chi connectivity index (χ3n) is 5.72. The van der Waals surface area contributed by atoms with Crippen LogP contribution < -0.4 is 5.32 Å². The molecule has 164 valence electrons. The zero-order valence-electron chi connectivity index (χ0n) is 18.0. The van der Waals surface area contributed by atoms with Crippen LogP contribution in [0.3, 0.4) is 0 Å². The van der Waals surface area contributed by atoms with Gasteiger partial charge in [-0.25, -0.2) is 0 Å². The summed E-state index contributed by atoms with van der Waals surface area (Å²) in [6.45, 7) is 8.56. The van der Waals surface area contributed by atoms with Gasteiger partial charge in [-0.2, -0.15) is 10.2 Å². The number of benzene rings is 1. The van der Waals surface area contributed by atoms with E-state index in [0.29, 0.717) is 18.8 Å². The van der Waals surface area contributed by atoms with Crippen LogP contribution in [0.1, 0.15) is 36.3 Å². The fourth-order valence-electron chi connectivity index (χ4n) is 4.01. The van der Waals surface area contributed by atoms with Gasteiger partial charge in [0.2, 0.25) is 5.91 Å². The fraction of sp³-hybridized carbons (Fsp3) is 0.455. The first kappa shape index (κ1) is 21.0. The third kappa shape index (κ3) is 4.77. The molecule has 2 N–H and O–H groups in total. The van der Waals surface area contributed by atoms with Crippen molar-refractivity contribution in [3.05, 3.63) is 47.9 Å². The highest BCUT2D eigenvalue weighted by molar-refractivity contribution is 6.05. The molecular formula is C22H29N7O2. The van der Waals surface area contributed by atoms with Gasteiger partial charge >= 0.3 is 0 Å². The summed E-state index contributed by atoms with van der Waals surface area (Å²) < 4.78 is 1.93. The van der Waals surface area contributed by atoms with Gasteiger partial charge in [-0.05, 0) is 26.3 Å². The molecule has 2 amide bonds. The van der Waals surface area contributed by atoms with Gasteiger partial charge in [0.25, 0.3) is 5.91 Å². The molecule has 3 aromatic rings. The van der Waals surface area contributed by atoms with E-state index in [2.05, 4.69) is 38.6 Å². The van der Waals surface area contributed by atoms with E-state index in [1.807, 2.05) is 40.0 Å². The van der Waals surface area contributed by atoms with E-state index in [-0.39, 0.29) is 11.8 Å². The average molecular weight is 424 g/mol. The summed E-state index contributed by atoms with van der Waals surface area (Å²) >= 11 is 0. The Morgan fingerprint density at radius 1 is 1.19 bits per heavy atom. The van der Waals surface area contributed by atoms with Crippen molar-refractivity contribution in [2.24, 2.45) is 0 Å². The summed E-state index contributed by atoms with van der Waals surface area (Å²) in [6.07, 6.45) is 4.89. The summed E-state index contributed by atoms with van der Waals surface area (Å²) in [6, 6.07) is 6.83. The number of para-hydroxylation sites is 1. The summed E-state index contributed by atoms with van der Waals surface area (Å²) in [5.74, 6) is -0.406. The lowest BCUT2D eigenvalue weighted by Crippen LogP contribution is -2.48. The topological polar surface area (TPSA) is 99.1 Å². The van der Waals surface area contributed by atoms with Gasteiger partial charge in [0.05, 0.1) is 11.7 Å². The van der Waals surface area contributed by atoms with Crippen LogP contribution in [-0.4, -0.2) is 73.8 Å². The Morgan fingerprint density at radius 2 is 2.03 bits per heavy atom. The number of fused-ring (bicyclic) bond motifs is 1. The molecule has 9 heteroatoms. The van der Waals surface area contributed by atoms with Crippen molar-refractivity contribution in [2.45, 2.75) is 39.4 Å². The van der Waals surface area contributed by atoms with Crippen molar-refractivity contribution in [1.29, 1.82) is 0 Å². The molecule has 1 aliphatic heterocycles. The summed E-state index contributed by atoms with van der Waals surface area (Å²) in [7, 11) is 0. The van der Waals surface area contributed by atoms with E-state index < -0.39 is 6.04 Å². The number of aromatic amines is 1. The Hall–Kier alpha value is -3.20. The van der Waals surface area contributed by atoms with Crippen molar-refractivity contribution in [3.63, 3.8) is 0 Å². The second-order valence-corrected chi connectivity index (χ2v) is 7.97. The minimum atomic E-state index is -0.614. The molecule has 3 heterocycles. The first-order valence-corrected chi connectivity index (χ1v) is 10.8. The van der Waals surface area contributed by atoms with Gasteiger partial charge in [0.1, 0.15) is 6.04 Å². The number of rotatable bonds is 6. The van der Waals surface area contributed by atoms with Crippen LogP contribution in [0.15, 0.2) is 36.7 Å². The number of aryl methyl sites for hydroxylation is 1. The lowest BCUT2D eigenvalue weighted by molar-refractivity contribution is -0.132. The Labute approximate surface area is 181 Å². The number of hydrogen-bond donors (Lipinski definition) is 2. The van der Waals surface area contributed by atoms with Crippen LogP contribution in [0.5, 0.6) is 0 Å². The van der Waals surface area contributed by atoms with Crippen molar-refractivity contribution in [1.82, 2.24) is 35.1 Å². The van der Waals surface area contributed by atoms with E-state index in [4.69, 9.17) is 0 Å². The molecular weight excluding hydrogens is 394 g/mol. The Kier molecular flexibility index (Phi) is 6.31. The van der Waals surface area contributed by atoms with Gasteiger partial charge in [0, 0.05) is 56.4 Å². The molecule has 0 radical (unpaired) electrons. The molecule has 0 aliphatic carbocycles. The number of amides is 2. The lowest BCUT2D eigenvalue weighted by atomic mass is 10.2. The van der Waals surface area contributed by atoms with Crippen LogP contribution in [0, 0.1) is 0 Å². The minimum absolute atomic E-state index is 0.0613. The van der Waals surface area contributed by atoms with E-state index >= 15 is 0 Å². The molecule has 1 aliphatic rings. The number of carbonyl (C=O) groups excluding carboxylic acids is 2. The molecule has 0 saturated carbocycles. The predicted octanol–water partition coefficient (Wildman–Crippen LogP) is 1.63. The number of aromatic nitrogens is 4. The number of hydrogen-bond acceptors (Lipinski definition) is 5. The highest BCUT2D eigenvalue weighted by atomic mass is 16.2. The second-order valence-electron chi connectivity index (χ2n) is 7.97. The average Bonchev–Trinajstić information content (AvgIpc) is 3.35. The normalized spacial score (nSPS) is 16.3. The van der Waals surface area contributed by atoms with Crippen LogP contribution in [-0.2, 0) is 17.9 Å². The summed E-state index contributed by atoms with van der Waals surface area (Å²) in [4.78, 5) is 29.9. The van der Waals surface area contributed by atoms with Crippen LogP contribution in [0.2, 0.25) is 0 Å². The molecule has 0 spiro atoms. The Bertz CT molecular complexity index is 1060. The molecule has 1 unspecified atom stereocenters. The maximum Gasteiger partial charge on any atom is 0.273 e. The molecule has 4 rings (SSSR count). The van der Waals surface area contributed by atoms with Crippen LogP contribution in [0.4, 0.5) is 0 Å². The molecule has 1 saturated heterocycles. The molecule has 1 atom stereocenters. The van der Waals surface area contributed by atoms with Gasteiger partial charge < -0.3 is 10.2 Å². The fourth-order valence-corrected chi connectivity index (χ4v) is 4.01. The zero-order chi connectivity index (χ0) is 21.8. The molecule has 2 aromatic heterocycles. The first-order valence-electron chi connectivity index (χ1n) is 10.8. The van der Waals surface area contributed by atoms with Gasteiger partial charge in [-0.1, -0.05) is 18.2 Å². The number of carbonyl (C=O) groups is 2. The number of nitrogens with zero attached hydrogens (tertiary/aromatic N) is 5. The first-order chi connectivity index (χ1) is 15.0. The second kappa shape index (κ2) is 9.30. The van der Waals surface area contributed by atoms with Crippen molar-refractivity contribution in [2.75, 3.05) is 26.2 Å². The minimum Gasteiger partial charge on any atom is -0.340 e. The van der Waals surface area contributed by atoms with Crippen LogP contribution >= 0.6 is 0 Å². The van der Waals surface area contributed by atoms with E-state index in [1.165, 1.54) is 5.56 Å². The van der Waals surface area contributed by atoms with Gasteiger partial charge in [-0.15, -0.1) is 0 Å². The van der Waals surface area contributed by atoms with E-state index in [9.17, 15) is 9.59 Å². The van der Waals surface area contributed by atoms with Crippen molar-refractivity contribution in [3.8, 4) is 0 Å². The molecule has 0 bridgehead atoms. The maximum absolute atomic E-state index is 13.0. The maximum atomic E-state index is 13.0.